The Balaban J connectivity index is 3.30. The van der Waals surface area contributed by atoms with E-state index in [1.807, 2.05) is 0 Å². The van der Waals surface area contributed by atoms with Gasteiger partial charge in [0.15, 0.2) is 0 Å². The Hall–Kier alpha value is -1.93. The summed E-state index contributed by atoms with van der Waals surface area (Å²) < 4.78 is 63.8. The first-order chi connectivity index (χ1) is 7.20. The number of halogens is 5. The van der Waals surface area contributed by atoms with Gasteiger partial charge in [0.2, 0.25) is 11.6 Å². The molecule has 0 atom stereocenters. The minimum atomic E-state index is -5.27. The van der Waals surface area contributed by atoms with Crippen molar-refractivity contribution in [3.8, 4) is 5.75 Å². The highest BCUT2D eigenvalue weighted by molar-refractivity contribution is 5.47. The maximum Gasteiger partial charge on any atom is 0.573 e. The SMILES string of the molecule is O=[N+]([O-])c1c(F)cc(F)cc1OC(F)(F)F. The number of alkyl halides is 3. The van der Waals surface area contributed by atoms with E-state index in [0.29, 0.717) is 0 Å². The maximum atomic E-state index is 12.8. The van der Waals surface area contributed by atoms with Crippen LogP contribution in [0.2, 0.25) is 0 Å². The summed E-state index contributed by atoms with van der Waals surface area (Å²) in [6, 6.07) is 0.163. The van der Waals surface area contributed by atoms with E-state index in [1.54, 1.807) is 0 Å². The lowest BCUT2D eigenvalue weighted by molar-refractivity contribution is -0.391. The van der Waals surface area contributed by atoms with Crippen LogP contribution in [0.3, 0.4) is 0 Å². The number of nitro groups is 1. The first-order valence-electron chi connectivity index (χ1n) is 3.60. The number of hydrogen-bond acceptors (Lipinski definition) is 3. The summed E-state index contributed by atoms with van der Waals surface area (Å²) in [5.41, 5.74) is -1.57. The van der Waals surface area contributed by atoms with Crippen molar-refractivity contribution in [1.82, 2.24) is 0 Å². The van der Waals surface area contributed by atoms with Gasteiger partial charge >= 0.3 is 12.0 Å². The molecule has 0 aliphatic heterocycles. The molecule has 0 spiro atoms. The van der Waals surface area contributed by atoms with E-state index >= 15 is 0 Å². The van der Waals surface area contributed by atoms with Gasteiger partial charge in [-0.15, -0.1) is 13.2 Å². The molecule has 0 aromatic heterocycles. The second-order valence-corrected chi connectivity index (χ2v) is 2.54. The molecule has 1 aromatic rings. The fraction of sp³-hybridized carbons (Fsp3) is 0.143. The predicted octanol–water partition coefficient (Wildman–Crippen LogP) is 2.77. The van der Waals surface area contributed by atoms with Crippen LogP contribution in [0.4, 0.5) is 27.6 Å². The molecule has 0 aliphatic carbocycles. The number of benzene rings is 1. The van der Waals surface area contributed by atoms with E-state index in [2.05, 4.69) is 4.74 Å². The van der Waals surface area contributed by atoms with Gasteiger partial charge in [-0.05, 0) is 0 Å². The Morgan fingerprint density at radius 3 is 2.25 bits per heavy atom. The van der Waals surface area contributed by atoms with Crippen LogP contribution in [0.25, 0.3) is 0 Å². The molecule has 1 aromatic carbocycles. The molecule has 4 nitrogen and oxygen atoms in total. The maximum absolute atomic E-state index is 12.8. The summed E-state index contributed by atoms with van der Waals surface area (Å²) in [7, 11) is 0. The number of nitrogens with zero attached hydrogens (tertiary/aromatic N) is 1. The molecular formula is C7H2F5NO3. The van der Waals surface area contributed by atoms with Gasteiger partial charge in [0, 0.05) is 12.1 Å². The molecule has 0 saturated carbocycles. The minimum Gasteiger partial charge on any atom is -0.398 e. The molecule has 0 amide bonds. The van der Waals surface area contributed by atoms with Crippen molar-refractivity contribution in [3.63, 3.8) is 0 Å². The molecule has 0 fully saturated rings. The van der Waals surface area contributed by atoms with Crippen molar-refractivity contribution < 1.29 is 31.6 Å². The molecule has 0 heterocycles. The van der Waals surface area contributed by atoms with Crippen LogP contribution in [-0.2, 0) is 0 Å². The fourth-order valence-corrected chi connectivity index (χ4v) is 0.922. The van der Waals surface area contributed by atoms with E-state index in [9.17, 15) is 32.1 Å². The van der Waals surface area contributed by atoms with E-state index < -0.39 is 34.4 Å². The molecule has 0 saturated heterocycles. The third-order valence-corrected chi connectivity index (χ3v) is 1.40. The minimum absolute atomic E-state index is 0.0781. The van der Waals surface area contributed by atoms with Crippen molar-refractivity contribution in [2.75, 3.05) is 0 Å². The zero-order chi connectivity index (χ0) is 12.5. The van der Waals surface area contributed by atoms with Crippen LogP contribution >= 0.6 is 0 Å². The van der Waals surface area contributed by atoms with Gasteiger partial charge in [0.05, 0.1) is 4.92 Å². The van der Waals surface area contributed by atoms with Crippen LogP contribution in [-0.4, -0.2) is 11.3 Å². The predicted molar refractivity (Wildman–Crippen MR) is 39.7 cm³/mol. The number of hydrogen-bond donors (Lipinski definition) is 0. The molecule has 0 N–H and O–H groups in total. The molecule has 1 rings (SSSR count). The summed E-state index contributed by atoms with van der Waals surface area (Å²) in [6.45, 7) is 0. The highest BCUT2D eigenvalue weighted by Crippen LogP contribution is 2.34. The first kappa shape index (κ1) is 12.1. The molecule has 0 bridgehead atoms. The summed E-state index contributed by atoms with van der Waals surface area (Å²) in [5, 5.41) is 10.2. The summed E-state index contributed by atoms with van der Waals surface area (Å²) >= 11 is 0. The standard InChI is InChI=1S/C7H2F5NO3/c8-3-1-4(9)6(13(14)15)5(2-3)16-7(10,11)12/h1-2H. The van der Waals surface area contributed by atoms with Gasteiger partial charge in [0.1, 0.15) is 5.82 Å². The molecule has 0 unspecified atom stereocenters. The quantitative estimate of drug-likeness (QED) is 0.456. The highest BCUT2D eigenvalue weighted by Gasteiger charge is 2.36. The second kappa shape index (κ2) is 3.91. The highest BCUT2D eigenvalue weighted by atomic mass is 19.4. The van der Waals surface area contributed by atoms with E-state index in [4.69, 9.17) is 0 Å². The third-order valence-electron chi connectivity index (χ3n) is 1.40. The Kier molecular flexibility index (Phi) is 2.97. The van der Waals surface area contributed by atoms with Gasteiger partial charge < -0.3 is 4.74 Å². The lowest BCUT2D eigenvalue weighted by Crippen LogP contribution is -2.18. The number of ether oxygens (including phenoxy) is 1. The van der Waals surface area contributed by atoms with Crippen LogP contribution in [0, 0.1) is 21.7 Å². The van der Waals surface area contributed by atoms with E-state index in [1.165, 1.54) is 0 Å². The zero-order valence-electron chi connectivity index (χ0n) is 7.22. The van der Waals surface area contributed by atoms with Crippen LogP contribution in [0.5, 0.6) is 5.75 Å². The largest absolute Gasteiger partial charge is 0.573 e. The molecule has 16 heavy (non-hydrogen) atoms. The van der Waals surface area contributed by atoms with Crippen molar-refractivity contribution >= 4 is 5.69 Å². The van der Waals surface area contributed by atoms with Crippen LogP contribution in [0.1, 0.15) is 0 Å². The monoisotopic (exact) mass is 243 g/mol. The molecule has 0 radical (unpaired) electrons. The van der Waals surface area contributed by atoms with Gasteiger partial charge in [0.25, 0.3) is 0 Å². The summed E-state index contributed by atoms with van der Waals surface area (Å²) in [6.07, 6.45) is -5.27. The lowest BCUT2D eigenvalue weighted by atomic mass is 10.3. The third kappa shape index (κ3) is 2.78. The van der Waals surface area contributed by atoms with E-state index in [-0.39, 0.29) is 12.1 Å². The fourth-order valence-electron chi connectivity index (χ4n) is 0.922. The Labute approximate surface area is 84.4 Å². The topological polar surface area (TPSA) is 52.4 Å². The van der Waals surface area contributed by atoms with Crippen molar-refractivity contribution in [1.29, 1.82) is 0 Å². The Bertz CT molecular complexity index is 431. The van der Waals surface area contributed by atoms with Crippen LogP contribution in [0.15, 0.2) is 12.1 Å². The van der Waals surface area contributed by atoms with Crippen molar-refractivity contribution in [2.45, 2.75) is 6.36 Å². The first-order valence-corrected chi connectivity index (χ1v) is 3.60. The van der Waals surface area contributed by atoms with Crippen LogP contribution < -0.4 is 4.74 Å². The lowest BCUT2D eigenvalue weighted by Gasteiger charge is -2.09. The van der Waals surface area contributed by atoms with E-state index in [0.717, 1.165) is 0 Å². The summed E-state index contributed by atoms with van der Waals surface area (Å²) in [4.78, 5) is 8.80. The summed E-state index contributed by atoms with van der Waals surface area (Å²) in [5.74, 6) is -4.69. The zero-order valence-corrected chi connectivity index (χ0v) is 7.22. The smallest absolute Gasteiger partial charge is 0.398 e. The average Bonchev–Trinajstić information content (AvgIpc) is 1.96. The van der Waals surface area contributed by atoms with Gasteiger partial charge in [-0.25, -0.2) is 4.39 Å². The van der Waals surface area contributed by atoms with Gasteiger partial charge in [-0.1, -0.05) is 0 Å². The van der Waals surface area contributed by atoms with Gasteiger partial charge in [-0.3, -0.25) is 10.1 Å². The molecular weight excluding hydrogens is 241 g/mol. The second-order valence-electron chi connectivity index (χ2n) is 2.54. The van der Waals surface area contributed by atoms with Gasteiger partial charge in [-0.2, -0.15) is 4.39 Å². The number of nitro benzene ring substituents is 1. The molecule has 9 heteroatoms. The number of rotatable bonds is 2. The molecule has 88 valence electrons. The molecule has 0 aliphatic rings. The Morgan fingerprint density at radius 2 is 1.81 bits per heavy atom. The normalized spacial score (nSPS) is 11.3. The van der Waals surface area contributed by atoms with Crippen molar-refractivity contribution in [2.24, 2.45) is 0 Å². The Morgan fingerprint density at radius 1 is 1.25 bits per heavy atom. The van der Waals surface area contributed by atoms with Crippen molar-refractivity contribution in [3.05, 3.63) is 33.9 Å². The average molecular weight is 243 g/mol.